The van der Waals surface area contributed by atoms with E-state index in [1.807, 2.05) is 14.1 Å². The number of sulfonamides is 1. The Morgan fingerprint density at radius 2 is 1.55 bits per heavy atom. The highest BCUT2D eigenvalue weighted by Crippen LogP contribution is 2.18. The number of hydrogen-bond acceptors (Lipinski definition) is 6. The van der Waals surface area contributed by atoms with Crippen molar-refractivity contribution < 1.29 is 13.2 Å². The number of ketones is 1. The number of carbonyl (C=O) groups is 1. The lowest BCUT2D eigenvalue weighted by atomic mass is 10.1. The normalized spacial score (nSPS) is 11.1. The zero-order valence-electron chi connectivity index (χ0n) is 18.0. The number of nitrogens with one attached hydrogen (secondary N) is 3. The highest BCUT2D eigenvalue weighted by Gasteiger charge is 2.14. The van der Waals surface area contributed by atoms with E-state index in [2.05, 4.69) is 20.3 Å². The first-order chi connectivity index (χ1) is 15.7. The highest BCUT2D eigenvalue weighted by atomic mass is 32.2. The minimum absolute atomic E-state index is 0.0940. The molecule has 0 saturated heterocycles. The number of hydrogen-bond donors (Lipinski definition) is 3. The number of allylic oxidation sites excluding steroid dienone is 1. The van der Waals surface area contributed by atoms with Gasteiger partial charge in [0.1, 0.15) is 5.82 Å². The summed E-state index contributed by atoms with van der Waals surface area (Å²) in [5.74, 6) is 0.148. The third-order valence-corrected chi connectivity index (χ3v) is 5.85. The predicted molar refractivity (Wildman–Crippen MR) is 135 cm³/mol. The van der Waals surface area contributed by atoms with E-state index >= 15 is 0 Å². The number of thiocarbonyl (C=S) groups is 1. The van der Waals surface area contributed by atoms with Crippen molar-refractivity contribution in [3.8, 4) is 0 Å². The lowest BCUT2D eigenvalue weighted by molar-refractivity contribution is 0.104. The van der Waals surface area contributed by atoms with Gasteiger partial charge in [0.2, 0.25) is 0 Å². The minimum atomic E-state index is -3.75. The molecule has 0 saturated carbocycles. The first kappa shape index (κ1) is 23.9. The average molecular weight is 482 g/mol. The summed E-state index contributed by atoms with van der Waals surface area (Å²) in [7, 11) is -0.0639. The van der Waals surface area contributed by atoms with Crippen LogP contribution in [0.4, 0.5) is 17.2 Å². The van der Waals surface area contributed by atoms with Crippen LogP contribution in [-0.2, 0) is 10.0 Å². The van der Waals surface area contributed by atoms with E-state index in [0.29, 0.717) is 22.1 Å². The molecule has 2 aromatic carbocycles. The molecule has 1 aromatic heterocycles. The minimum Gasteiger partial charge on any atom is -0.383 e. The number of anilines is 3. The van der Waals surface area contributed by atoms with Crippen LogP contribution in [0.15, 0.2) is 90.1 Å². The molecular weight excluding hydrogens is 458 g/mol. The zero-order valence-corrected chi connectivity index (χ0v) is 19.7. The highest BCUT2D eigenvalue weighted by molar-refractivity contribution is 7.92. The first-order valence-electron chi connectivity index (χ1n) is 9.84. The Hall–Kier alpha value is -3.76. The van der Waals surface area contributed by atoms with Crippen LogP contribution in [0.2, 0.25) is 0 Å². The molecule has 0 radical (unpaired) electrons. The van der Waals surface area contributed by atoms with Crippen molar-refractivity contribution in [1.82, 2.24) is 9.88 Å². The molecule has 0 aliphatic carbocycles. The summed E-state index contributed by atoms with van der Waals surface area (Å²) in [5, 5.41) is 6.35. The van der Waals surface area contributed by atoms with E-state index in [9.17, 15) is 13.2 Å². The molecule has 170 valence electrons. The maximum absolute atomic E-state index is 12.5. The molecule has 0 atom stereocenters. The Bertz CT molecular complexity index is 1240. The molecule has 0 amide bonds. The molecule has 1 heterocycles. The van der Waals surface area contributed by atoms with Gasteiger partial charge in [0.25, 0.3) is 10.0 Å². The summed E-state index contributed by atoms with van der Waals surface area (Å²) in [6.45, 7) is 0. The van der Waals surface area contributed by atoms with Crippen molar-refractivity contribution >= 4 is 50.3 Å². The van der Waals surface area contributed by atoms with Crippen LogP contribution in [0.25, 0.3) is 0 Å². The van der Waals surface area contributed by atoms with Gasteiger partial charge in [0, 0.05) is 49.5 Å². The van der Waals surface area contributed by atoms with Gasteiger partial charge >= 0.3 is 0 Å². The quantitative estimate of drug-likeness (QED) is 0.252. The van der Waals surface area contributed by atoms with Crippen molar-refractivity contribution in [3.05, 3.63) is 90.8 Å². The fraction of sp³-hybridized carbons (Fsp3) is 0.0870. The number of carbonyl (C=O) groups excluding carboxylic acids is 1. The number of rotatable bonds is 8. The Morgan fingerprint density at radius 1 is 0.939 bits per heavy atom. The van der Waals surface area contributed by atoms with Gasteiger partial charge in [-0.25, -0.2) is 13.4 Å². The Balaban J connectivity index is 1.58. The van der Waals surface area contributed by atoms with Crippen LogP contribution in [0, 0.1) is 0 Å². The molecule has 10 heteroatoms. The summed E-state index contributed by atoms with van der Waals surface area (Å²) in [6.07, 6.45) is 4.70. The van der Waals surface area contributed by atoms with E-state index in [-0.39, 0.29) is 16.5 Å². The van der Waals surface area contributed by atoms with Gasteiger partial charge in [0.15, 0.2) is 10.9 Å². The number of nitrogens with zero attached hydrogens (tertiary/aromatic N) is 2. The second kappa shape index (κ2) is 10.7. The van der Waals surface area contributed by atoms with Crippen LogP contribution in [0.5, 0.6) is 0 Å². The molecule has 3 aromatic rings. The standard InChI is InChI=1S/C23H23N5O3S2/c1-28(2)16-14-21(29)17-6-8-18(9-7-17)25-23(32)26-19-10-12-20(13-11-19)33(30,31)27-22-5-3-4-15-24-22/h3-16H,1-2H3,(H,24,27)(H2,25,26,32)/b16-14+. The molecule has 0 aliphatic rings. The lowest BCUT2D eigenvalue weighted by Gasteiger charge is -2.12. The van der Waals surface area contributed by atoms with Gasteiger partial charge in [-0.15, -0.1) is 0 Å². The van der Waals surface area contributed by atoms with Crippen molar-refractivity contribution in [1.29, 1.82) is 0 Å². The fourth-order valence-corrected chi connectivity index (χ4v) is 3.91. The second-order valence-corrected chi connectivity index (χ2v) is 9.24. The summed E-state index contributed by atoms with van der Waals surface area (Å²) in [5.41, 5.74) is 1.89. The lowest BCUT2D eigenvalue weighted by Crippen LogP contribution is -2.19. The van der Waals surface area contributed by atoms with E-state index in [0.717, 1.165) is 0 Å². The van der Waals surface area contributed by atoms with Crippen molar-refractivity contribution in [3.63, 3.8) is 0 Å². The van der Waals surface area contributed by atoms with E-state index in [4.69, 9.17) is 12.2 Å². The largest absolute Gasteiger partial charge is 0.383 e. The predicted octanol–water partition coefficient (Wildman–Crippen LogP) is 3.95. The fourth-order valence-electron chi connectivity index (χ4n) is 2.66. The topological polar surface area (TPSA) is 103 Å². The van der Waals surface area contributed by atoms with Gasteiger partial charge in [-0.3, -0.25) is 9.52 Å². The van der Waals surface area contributed by atoms with E-state index < -0.39 is 10.0 Å². The van der Waals surface area contributed by atoms with Crippen LogP contribution >= 0.6 is 12.2 Å². The molecule has 0 bridgehead atoms. The molecule has 0 aliphatic heterocycles. The van der Waals surface area contributed by atoms with Gasteiger partial charge in [0.05, 0.1) is 4.90 Å². The van der Waals surface area contributed by atoms with Crippen LogP contribution in [-0.4, -0.2) is 43.3 Å². The van der Waals surface area contributed by atoms with Gasteiger partial charge in [-0.05, 0) is 72.9 Å². The Morgan fingerprint density at radius 3 is 2.09 bits per heavy atom. The molecule has 8 nitrogen and oxygen atoms in total. The molecule has 3 N–H and O–H groups in total. The summed E-state index contributed by atoms with van der Waals surface area (Å²) in [4.78, 5) is 18.0. The molecule has 0 unspecified atom stereocenters. The third-order valence-electron chi connectivity index (χ3n) is 4.28. The monoisotopic (exact) mass is 481 g/mol. The molecule has 33 heavy (non-hydrogen) atoms. The molecule has 3 rings (SSSR count). The molecule has 0 fully saturated rings. The zero-order chi connectivity index (χ0) is 23.8. The molecular formula is C23H23N5O3S2. The van der Waals surface area contributed by atoms with Gasteiger partial charge in [-0.2, -0.15) is 0 Å². The van der Waals surface area contributed by atoms with Crippen LogP contribution in [0.1, 0.15) is 10.4 Å². The maximum atomic E-state index is 12.5. The maximum Gasteiger partial charge on any atom is 0.263 e. The summed E-state index contributed by atoms with van der Waals surface area (Å²) >= 11 is 5.32. The number of pyridine rings is 1. The average Bonchev–Trinajstić information content (AvgIpc) is 2.78. The van der Waals surface area contributed by atoms with Crippen LogP contribution < -0.4 is 15.4 Å². The summed E-state index contributed by atoms with van der Waals surface area (Å²) in [6, 6.07) is 18.1. The number of benzene rings is 2. The Kier molecular flexibility index (Phi) is 7.75. The van der Waals surface area contributed by atoms with Crippen molar-refractivity contribution in [2.45, 2.75) is 4.90 Å². The third kappa shape index (κ3) is 7.13. The van der Waals surface area contributed by atoms with Crippen LogP contribution in [0.3, 0.4) is 0 Å². The smallest absolute Gasteiger partial charge is 0.263 e. The second-order valence-electron chi connectivity index (χ2n) is 7.14. The first-order valence-corrected chi connectivity index (χ1v) is 11.7. The van der Waals surface area contributed by atoms with E-state index in [1.54, 1.807) is 65.7 Å². The van der Waals surface area contributed by atoms with Crippen molar-refractivity contribution in [2.75, 3.05) is 29.5 Å². The van der Waals surface area contributed by atoms with E-state index in [1.165, 1.54) is 24.4 Å². The summed E-state index contributed by atoms with van der Waals surface area (Å²) < 4.78 is 27.4. The molecule has 0 spiro atoms. The SMILES string of the molecule is CN(C)/C=C/C(=O)c1ccc(NC(=S)Nc2ccc(S(=O)(=O)Nc3ccccn3)cc2)cc1. The Labute approximate surface area is 198 Å². The van der Waals surface area contributed by atoms with Gasteiger partial charge < -0.3 is 15.5 Å². The van der Waals surface area contributed by atoms with Gasteiger partial charge in [-0.1, -0.05) is 6.07 Å². The van der Waals surface area contributed by atoms with Crippen molar-refractivity contribution in [2.24, 2.45) is 0 Å². The number of aromatic nitrogens is 1.